The first-order valence-corrected chi connectivity index (χ1v) is 5.45. The van der Waals surface area contributed by atoms with Crippen LogP contribution < -0.4 is 11.1 Å². The number of halogens is 1. The number of rotatable bonds is 2. The lowest BCUT2D eigenvalue weighted by atomic mass is 10.1. The second-order valence-corrected chi connectivity index (χ2v) is 4.20. The van der Waals surface area contributed by atoms with Crippen LogP contribution in [0.2, 0.25) is 0 Å². The van der Waals surface area contributed by atoms with Crippen LogP contribution in [0, 0.1) is 19.7 Å². The first-order valence-electron chi connectivity index (χ1n) is 5.45. The highest BCUT2D eigenvalue weighted by atomic mass is 19.1. The molecule has 0 heterocycles. The molecule has 3 heteroatoms. The molecule has 0 fully saturated rings. The molecule has 2 aromatic rings. The van der Waals surface area contributed by atoms with Crippen LogP contribution in [-0.4, -0.2) is 0 Å². The Bertz CT molecular complexity index is 550. The van der Waals surface area contributed by atoms with E-state index in [0.29, 0.717) is 11.4 Å². The molecule has 0 unspecified atom stereocenters. The summed E-state index contributed by atoms with van der Waals surface area (Å²) in [7, 11) is 0. The highest BCUT2D eigenvalue weighted by molar-refractivity contribution is 5.73. The molecule has 2 aromatic carbocycles. The Morgan fingerprint density at radius 3 is 2.29 bits per heavy atom. The van der Waals surface area contributed by atoms with Gasteiger partial charge in [-0.05, 0) is 49.2 Å². The predicted molar refractivity (Wildman–Crippen MR) is 70.0 cm³/mol. The van der Waals surface area contributed by atoms with Crippen molar-refractivity contribution in [1.29, 1.82) is 0 Å². The molecule has 17 heavy (non-hydrogen) atoms. The lowest BCUT2D eigenvalue weighted by Crippen LogP contribution is -1.98. The Morgan fingerprint density at radius 2 is 1.59 bits per heavy atom. The molecular formula is C14H15FN2. The number of aryl methyl sites for hydroxylation is 2. The van der Waals surface area contributed by atoms with Gasteiger partial charge in [0.25, 0.3) is 0 Å². The Hall–Kier alpha value is -2.03. The molecule has 3 N–H and O–H groups in total. The van der Waals surface area contributed by atoms with Crippen molar-refractivity contribution in [3.63, 3.8) is 0 Å². The van der Waals surface area contributed by atoms with Crippen LogP contribution >= 0.6 is 0 Å². The van der Waals surface area contributed by atoms with Crippen LogP contribution in [0.4, 0.5) is 21.5 Å². The maximum Gasteiger partial charge on any atom is 0.146 e. The fourth-order valence-corrected chi connectivity index (χ4v) is 1.68. The summed E-state index contributed by atoms with van der Waals surface area (Å²) in [5.41, 5.74) is 9.74. The highest BCUT2D eigenvalue weighted by Gasteiger charge is 2.04. The number of benzene rings is 2. The van der Waals surface area contributed by atoms with E-state index in [1.54, 1.807) is 12.1 Å². The molecule has 0 atom stereocenters. The summed E-state index contributed by atoms with van der Waals surface area (Å²) in [6.45, 7) is 3.89. The van der Waals surface area contributed by atoms with Gasteiger partial charge in [0, 0.05) is 0 Å². The van der Waals surface area contributed by atoms with Crippen LogP contribution in [-0.2, 0) is 0 Å². The van der Waals surface area contributed by atoms with E-state index in [1.807, 2.05) is 32.0 Å². The Labute approximate surface area is 100 Å². The van der Waals surface area contributed by atoms with Crippen molar-refractivity contribution < 1.29 is 4.39 Å². The quantitative estimate of drug-likeness (QED) is 0.771. The number of nitrogen functional groups attached to an aromatic ring is 1. The smallest absolute Gasteiger partial charge is 0.146 e. The first-order chi connectivity index (χ1) is 8.06. The van der Waals surface area contributed by atoms with Gasteiger partial charge in [0.2, 0.25) is 0 Å². The lowest BCUT2D eigenvalue weighted by Gasteiger charge is -2.11. The lowest BCUT2D eigenvalue weighted by molar-refractivity contribution is 0.631. The zero-order valence-corrected chi connectivity index (χ0v) is 9.92. The second-order valence-electron chi connectivity index (χ2n) is 4.20. The van der Waals surface area contributed by atoms with E-state index in [9.17, 15) is 4.39 Å². The first kappa shape index (κ1) is 11.5. The fraction of sp³-hybridized carbons (Fsp3) is 0.143. The molecule has 0 radical (unpaired) electrons. The van der Waals surface area contributed by atoms with Gasteiger partial charge in [0.1, 0.15) is 5.82 Å². The van der Waals surface area contributed by atoms with Gasteiger partial charge in [-0.15, -0.1) is 0 Å². The molecule has 2 nitrogen and oxygen atoms in total. The van der Waals surface area contributed by atoms with Crippen molar-refractivity contribution in [2.24, 2.45) is 0 Å². The van der Waals surface area contributed by atoms with E-state index in [2.05, 4.69) is 5.32 Å². The minimum Gasteiger partial charge on any atom is -0.397 e. The van der Waals surface area contributed by atoms with Gasteiger partial charge in [-0.2, -0.15) is 0 Å². The van der Waals surface area contributed by atoms with Gasteiger partial charge in [-0.25, -0.2) is 4.39 Å². The highest BCUT2D eigenvalue weighted by Crippen LogP contribution is 2.26. The maximum absolute atomic E-state index is 13.6. The van der Waals surface area contributed by atoms with Gasteiger partial charge in [0.05, 0.1) is 17.1 Å². The SMILES string of the molecule is Cc1ccc(Nc2cc(C)ccc2F)c(N)c1. The molecule has 0 aliphatic carbocycles. The normalized spacial score (nSPS) is 10.3. The van der Waals surface area contributed by atoms with Crippen LogP contribution in [0.15, 0.2) is 36.4 Å². The van der Waals surface area contributed by atoms with Crippen LogP contribution in [0.25, 0.3) is 0 Å². The summed E-state index contributed by atoms with van der Waals surface area (Å²) in [5.74, 6) is -0.282. The number of hydrogen-bond acceptors (Lipinski definition) is 2. The minimum atomic E-state index is -0.282. The molecule has 0 bridgehead atoms. The van der Waals surface area contributed by atoms with Crippen molar-refractivity contribution >= 4 is 17.1 Å². The molecule has 0 aliphatic heterocycles. The van der Waals surface area contributed by atoms with Crippen molar-refractivity contribution in [3.8, 4) is 0 Å². The number of anilines is 3. The van der Waals surface area contributed by atoms with Crippen molar-refractivity contribution in [1.82, 2.24) is 0 Å². The molecule has 0 amide bonds. The third-order valence-electron chi connectivity index (χ3n) is 2.60. The predicted octanol–water partition coefficient (Wildman–Crippen LogP) is 3.77. The van der Waals surface area contributed by atoms with Gasteiger partial charge >= 0.3 is 0 Å². The van der Waals surface area contributed by atoms with Crippen molar-refractivity contribution in [2.75, 3.05) is 11.1 Å². The van der Waals surface area contributed by atoms with Crippen LogP contribution in [0.5, 0.6) is 0 Å². The summed E-state index contributed by atoms with van der Waals surface area (Å²) in [5, 5.41) is 3.01. The topological polar surface area (TPSA) is 38.0 Å². The van der Waals surface area contributed by atoms with E-state index >= 15 is 0 Å². The number of nitrogens with one attached hydrogen (secondary N) is 1. The largest absolute Gasteiger partial charge is 0.397 e. The van der Waals surface area contributed by atoms with Gasteiger partial charge in [0.15, 0.2) is 0 Å². The van der Waals surface area contributed by atoms with Gasteiger partial charge < -0.3 is 11.1 Å². The summed E-state index contributed by atoms with van der Waals surface area (Å²) in [4.78, 5) is 0. The Balaban J connectivity index is 2.34. The van der Waals surface area contributed by atoms with Crippen LogP contribution in [0.1, 0.15) is 11.1 Å². The third-order valence-corrected chi connectivity index (χ3v) is 2.60. The summed E-state index contributed by atoms with van der Waals surface area (Å²) >= 11 is 0. The van der Waals surface area contributed by atoms with E-state index < -0.39 is 0 Å². The number of nitrogens with two attached hydrogens (primary N) is 1. The molecule has 2 rings (SSSR count). The molecule has 0 saturated heterocycles. The summed E-state index contributed by atoms with van der Waals surface area (Å²) in [6, 6.07) is 10.6. The zero-order chi connectivity index (χ0) is 12.4. The molecule has 0 saturated carbocycles. The summed E-state index contributed by atoms with van der Waals surface area (Å²) < 4.78 is 13.6. The summed E-state index contributed by atoms with van der Waals surface area (Å²) in [6.07, 6.45) is 0. The average molecular weight is 230 g/mol. The average Bonchev–Trinajstić information content (AvgIpc) is 2.27. The number of hydrogen-bond donors (Lipinski definition) is 2. The second kappa shape index (κ2) is 4.45. The molecule has 88 valence electrons. The molecular weight excluding hydrogens is 215 g/mol. The van der Waals surface area contributed by atoms with Crippen molar-refractivity contribution in [2.45, 2.75) is 13.8 Å². The zero-order valence-electron chi connectivity index (χ0n) is 9.92. The third kappa shape index (κ3) is 2.56. The van der Waals surface area contributed by atoms with Gasteiger partial charge in [-0.3, -0.25) is 0 Å². The maximum atomic E-state index is 13.6. The van der Waals surface area contributed by atoms with Crippen LogP contribution in [0.3, 0.4) is 0 Å². The molecule has 0 aliphatic rings. The Morgan fingerprint density at radius 1 is 0.941 bits per heavy atom. The fourth-order valence-electron chi connectivity index (χ4n) is 1.68. The Kier molecular flexibility index (Phi) is 3.00. The monoisotopic (exact) mass is 230 g/mol. The minimum absolute atomic E-state index is 0.282. The van der Waals surface area contributed by atoms with E-state index in [0.717, 1.165) is 16.8 Å². The molecule has 0 aromatic heterocycles. The van der Waals surface area contributed by atoms with E-state index in [4.69, 9.17) is 5.73 Å². The van der Waals surface area contributed by atoms with Gasteiger partial charge in [-0.1, -0.05) is 12.1 Å². The van der Waals surface area contributed by atoms with E-state index in [-0.39, 0.29) is 5.82 Å². The standard InChI is InChI=1S/C14H15FN2/c1-9-4-6-13(12(16)7-9)17-14-8-10(2)3-5-11(14)15/h3-8,17H,16H2,1-2H3. The van der Waals surface area contributed by atoms with Crippen molar-refractivity contribution in [3.05, 3.63) is 53.3 Å². The molecule has 0 spiro atoms. The van der Waals surface area contributed by atoms with E-state index in [1.165, 1.54) is 6.07 Å².